The maximum Gasteiger partial charge on any atom is 0.253 e. The minimum absolute atomic E-state index is 0.0999. The first-order chi connectivity index (χ1) is 13.8. The highest BCUT2D eigenvalue weighted by molar-refractivity contribution is 5.95. The van der Waals surface area contributed by atoms with Gasteiger partial charge in [-0.25, -0.2) is 0 Å². The van der Waals surface area contributed by atoms with Gasteiger partial charge in [0.15, 0.2) is 11.5 Å². The zero-order valence-electron chi connectivity index (χ0n) is 15.5. The van der Waals surface area contributed by atoms with E-state index in [1.807, 2.05) is 53.4 Å². The van der Waals surface area contributed by atoms with E-state index in [4.69, 9.17) is 9.47 Å². The molecule has 0 bridgehead atoms. The van der Waals surface area contributed by atoms with E-state index in [1.54, 1.807) is 0 Å². The molecule has 28 heavy (non-hydrogen) atoms. The van der Waals surface area contributed by atoms with Crippen LogP contribution in [-0.2, 0) is 0 Å². The molecule has 2 heterocycles. The molecule has 4 nitrogen and oxygen atoms in total. The number of fused-ring (bicyclic) bond motifs is 1. The Labute approximate surface area is 164 Å². The number of ether oxygens (including phenoxy) is 2. The monoisotopic (exact) mass is 371 g/mol. The largest absolute Gasteiger partial charge is 0.454 e. The number of nitrogens with zero attached hydrogens (tertiary/aromatic N) is 1. The van der Waals surface area contributed by atoms with E-state index in [0.29, 0.717) is 5.92 Å². The second-order valence-corrected chi connectivity index (χ2v) is 7.29. The summed E-state index contributed by atoms with van der Waals surface area (Å²) < 4.78 is 10.9. The van der Waals surface area contributed by atoms with Crippen molar-refractivity contribution in [3.63, 3.8) is 0 Å². The fraction of sp³-hybridized carbons (Fsp3) is 0.208. The van der Waals surface area contributed by atoms with Gasteiger partial charge in [-0.2, -0.15) is 0 Å². The van der Waals surface area contributed by atoms with E-state index >= 15 is 0 Å². The summed E-state index contributed by atoms with van der Waals surface area (Å²) in [7, 11) is 0. The number of hydrogen-bond donors (Lipinski definition) is 0. The highest BCUT2D eigenvalue weighted by atomic mass is 16.7. The van der Waals surface area contributed by atoms with Crippen LogP contribution in [0.2, 0.25) is 0 Å². The van der Waals surface area contributed by atoms with Crippen molar-refractivity contribution in [3.05, 3.63) is 83.9 Å². The maximum absolute atomic E-state index is 12.9. The summed E-state index contributed by atoms with van der Waals surface area (Å²) in [6.07, 6.45) is 0.966. The molecule has 2 aliphatic rings. The van der Waals surface area contributed by atoms with Gasteiger partial charge in [-0.1, -0.05) is 48.5 Å². The summed E-state index contributed by atoms with van der Waals surface area (Å²) in [6.45, 7) is 1.80. The van der Waals surface area contributed by atoms with Crippen LogP contribution in [0.5, 0.6) is 11.5 Å². The van der Waals surface area contributed by atoms with E-state index < -0.39 is 0 Å². The number of rotatable bonds is 3. The number of hydrogen-bond acceptors (Lipinski definition) is 3. The van der Waals surface area contributed by atoms with Crippen LogP contribution in [0.3, 0.4) is 0 Å². The van der Waals surface area contributed by atoms with Crippen molar-refractivity contribution in [1.29, 1.82) is 0 Å². The maximum atomic E-state index is 12.9. The Morgan fingerprint density at radius 3 is 2.43 bits per heavy atom. The van der Waals surface area contributed by atoms with E-state index in [-0.39, 0.29) is 12.7 Å². The fourth-order valence-electron chi connectivity index (χ4n) is 4.00. The van der Waals surface area contributed by atoms with Crippen molar-refractivity contribution in [2.24, 2.45) is 0 Å². The standard InChI is InChI=1S/C24H21NO3/c26-24(19-8-6-18(7-9-19)17-4-2-1-3-5-17)25-13-12-21(15-25)20-10-11-22-23(14-20)28-16-27-22/h1-11,14,21H,12-13,15-16H2. The Balaban J connectivity index is 1.29. The Hall–Kier alpha value is -3.27. The first kappa shape index (κ1) is 16.9. The Morgan fingerprint density at radius 2 is 1.61 bits per heavy atom. The van der Waals surface area contributed by atoms with Crippen molar-refractivity contribution in [1.82, 2.24) is 4.90 Å². The lowest BCUT2D eigenvalue weighted by atomic mass is 9.98. The van der Waals surface area contributed by atoms with Gasteiger partial charge in [0.2, 0.25) is 6.79 Å². The number of carbonyl (C=O) groups excluding carboxylic acids is 1. The van der Waals surface area contributed by atoms with Crippen molar-refractivity contribution < 1.29 is 14.3 Å². The highest BCUT2D eigenvalue weighted by Gasteiger charge is 2.29. The number of amides is 1. The molecule has 5 rings (SSSR count). The Morgan fingerprint density at radius 1 is 0.857 bits per heavy atom. The molecule has 4 heteroatoms. The number of likely N-dealkylation sites (tertiary alicyclic amines) is 1. The third-order valence-corrected chi connectivity index (χ3v) is 5.58. The summed E-state index contributed by atoms with van der Waals surface area (Å²) in [4.78, 5) is 14.9. The molecule has 0 saturated carbocycles. The summed E-state index contributed by atoms with van der Waals surface area (Å²) >= 11 is 0. The predicted octanol–water partition coefficient (Wildman–Crippen LogP) is 4.71. The van der Waals surface area contributed by atoms with E-state index in [1.165, 1.54) is 5.56 Å². The summed E-state index contributed by atoms with van der Waals surface area (Å²) in [5.41, 5.74) is 4.23. The first-order valence-electron chi connectivity index (χ1n) is 9.62. The second kappa shape index (κ2) is 7.04. The van der Waals surface area contributed by atoms with Gasteiger partial charge < -0.3 is 14.4 Å². The molecule has 1 atom stereocenters. The SMILES string of the molecule is O=C(c1ccc(-c2ccccc2)cc1)N1CCC(c2ccc3c(c2)OCO3)C1. The molecule has 0 aliphatic carbocycles. The van der Waals surface area contributed by atoms with Gasteiger partial charge in [0, 0.05) is 24.6 Å². The van der Waals surface area contributed by atoms with Crippen LogP contribution >= 0.6 is 0 Å². The summed E-state index contributed by atoms with van der Waals surface area (Å²) in [5, 5.41) is 0. The molecule has 1 amide bonds. The van der Waals surface area contributed by atoms with Crippen LogP contribution < -0.4 is 9.47 Å². The minimum Gasteiger partial charge on any atom is -0.454 e. The van der Waals surface area contributed by atoms with Gasteiger partial charge in [-0.05, 0) is 47.4 Å². The van der Waals surface area contributed by atoms with Gasteiger partial charge in [-0.3, -0.25) is 4.79 Å². The molecule has 2 aliphatic heterocycles. The lowest BCUT2D eigenvalue weighted by Gasteiger charge is -2.17. The molecule has 3 aromatic carbocycles. The Bertz CT molecular complexity index is 998. The van der Waals surface area contributed by atoms with Crippen LogP contribution in [0.1, 0.15) is 28.3 Å². The van der Waals surface area contributed by atoms with Crippen LogP contribution in [0.4, 0.5) is 0 Å². The fourth-order valence-corrected chi connectivity index (χ4v) is 4.00. The zero-order chi connectivity index (χ0) is 18.9. The minimum atomic E-state index is 0.0999. The third kappa shape index (κ3) is 3.11. The van der Waals surface area contributed by atoms with Crippen molar-refractivity contribution in [3.8, 4) is 22.6 Å². The molecular formula is C24H21NO3. The molecule has 0 spiro atoms. The third-order valence-electron chi connectivity index (χ3n) is 5.58. The average Bonchev–Trinajstić information content (AvgIpc) is 3.43. The molecule has 0 aromatic heterocycles. The predicted molar refractivity (Wildman–Crippen MR) is 108 cm³/mol. The summed E-state index contributed by atoms with van der Waals surface area (Å²) in [6, 6.07) is 24.2. The lowest BCUT2D eigenvalue weighted by Crippen LogP contribution is -2.28. The zero-order valence-corrected chi connectivity index (χ0v) is 15.5. The van der Waals surface area contributed by atoms with E-state index in [9.17, 15) is 4.79 Å². The molecule has 3 aromatic rings. The molecule has 1 saturated heterocycles. The topological polar surface area (TPSA) is 38.8 Å². The molecular weight excluding hydrogens is 350 g/mol. The van der Waals surface area contributed by atoms with Gasteiger partial charge >= 0.3 is 0 Å². The van der Waals surface area contributed by atoms with Crippen molar-refractivity contribution in [2.45, 2.75) is 12.3 Å². The number of carbonyl (C=O) groups is 1. The molecule has 0 N–H and O–H groups in total. The lowest BCUT2D eigenvalue weighted by molar-refractivity contribution is 0.0791. The molecule has 1 fully saturated rings. The van der Waals surface area contributed by atoms with Crippen molar-refractivity contribution >= 4 is 5.91 Å². The van der Waals surface area contributed by atoms with Crippen molar-refractivity contribution in [2.75, 3.05) is 19.9 Å². The van der Waals surface area contributed by atoms with E-state index in [2.05, 4.69) is 24.3 Å². The molecule has 0 radical (unpaired) electrons. The number of benzene rings is 3. The molecule has 1 unspecified atom stereocenters. The van der Waals surface area contributed by atoms with E-state index in [0.717, 1.165) is 47.7 Å². The van der Waals surface area contributed by atoms with Crippen LogP contribution in [0.25, 0.3) is 11.1 Å². The van der Waals surface area contributed by atoms with Crippen LogP contribution in [-0.4, -0.2) is 30.7 Å². The molecule has 140 valence electrons. The first-order valence-corrected chi connectivity index (χ1v) is 9.62. The smallest absolute Gasteiger partial charge is 0.253 e. The van der Waals surface area contributed by atoms with Gasteiger partial charge in [-0.15, -0.1) is 0 Å². The normalized spacial score (nSPS) is 17.7. The highest BCUT2D eigenvalue weighted by Crippen LogP contribution is 2.37. The van der Waals surface area contributed by atoms with Crippen LogP contribution in [0.15, 0.2) is 72.8 Å². The van der Waals surface area contributed by atoms with Crippen LogP contribution in [0, 0.1) is 0 Å². The van der Waals surface area contributed by atoms with Gasteiger partial charge in [0.1, 0.15) is 0 Å². The second-order valence-electron chi connectivity index (χ2n) is 7.29. The van der Waals surface area contributed by atoms with Gasteiger partial charge in [0.05, 0.1) is 0 Å². The Kier molecular flexibility index (Phi) is 4.24. The summed E-state index contributed by atoms with van der Waals surface area (Å²) in [5.74, 6) is 2.04. The average molecular weight is 371 g/mol. The van der Waals surface area contributed by atoms with Gasteiger partial charge in [0.25, 0.3) is 5.91 Å². The quantitative estimate of drug-likeness (QED) is 0.669.